The summed E-state index contributed by atoms with van der Waals surface area (Å²) in [6.07, 6.45) is 4.86. The Morgan fingerprint density at radius 1 is 1.50 bits per heavy atom. The van der Waals surface area contributed by atoms with Crippen LogP contribution in [0.1, 0.15) is 6.42 Å². The second kappa shape index (κ2) is 3.11. The molecular weight excluding hydrogens is 150 g/mol. The molecule has 3 heteroatoms. The van der Waals surface area contributed by atoms with Crippen molar-refractivity contribution in [2.24, 2.45) is 5.73 Å². The lowest BCUT2D eigenvalue weighted by molar-refractivity contribution is 0.456. The van der Waals surface area contributed by atoms with Gasteiger partial charge in [0.05, 0.1) is 0 Å². The van der Waals surface area contributed by atoms with E-state index in [4.69, 9.17) is 5.73 Å². The van der Waals surface area contributed by atoms with Crippen LogP contribution in [-0.4, -0.2) is 24.1 Å². The summed E-state index contributed by atoms with van der Waals surface area (Å²) in [5.74, 6) is 0. The summed E-state index contributed by atoms with van der Waals surface area (Å²) in [7, 11) is 0. The summed E-state index contributed by atoms with van der Waals surface area (Å²) in [5, 5.41) is 0. The molecule has 0 bridgehead atoms. The molecule has 0 aliphatic carbocycles. The van der Waals surface area contributed by atoms with E-state index in [1.165, 1.54) is 12.1 Å². The Labute approximate surface area is 72.2 Å². The average molecular weight is 163 g/mol. The highest BCUT2D eigenvalue weighted by Gasteiger charge is 2.26. The van der Waals surface area contributed by atoms with Gasteiger partial charge in [-0.05, 0) is 18.6 Å². The van der Waals surface area contributed by atoms with E-state index >= 15 is 0 Å². The fourth-order valence-electron chi connectivity index (χ4n) is 1.56. The van der Waals surface area contributed by atoms with Crippen molar-refractivity contribution in [3.05, 3.63) is 24.5 Å². The van der Waals surface area contributed by atoms with Crippen LogP contribution in [0.3, 0.4) is 0 Å². The molecule has 0 amide bonds. The topological polar surface area (TPSA) is 42.1 Å². The lowest BCUT2D eigenvalue weighted by Crippen LogP contribution is -2.51. The maximum absolute atomic E-state index is 5.60. The second-order valence-corrected chi connectivity index (χ2v) is 3.08. The molecule has 1 saturated heterocycles. The Morgan fingerprint density at radius 2 is 2.25 bits per heavy atom. The van der Waals surface area contributed by atoms with E-state index in [-0.39, 0.29) is 0 Å². The Balaban J connectivity index is 2.11. The molecule has 0 saturated carbocycles. The number of hydrogen-bond donors (Lipinski definition) is 1. The van der Waals surface area contributed by atoms with Crippen LogP contribution in [-0.2, 0) is 0 Å². The van der Waals surface area contributed by atoms with E-state index < -0.39 is 0 Å². The average Bonchev–Trinajstić information content (AvgIpc) is 2.05. The van der Waals surface area contributed by atoms with E-state index in [1.807, 2.05) is 24.5 Å². The zero-order valence-electron chi connectivity index (χ0n) is 6.98. The monoisotopic (exact) mass is 163 g/mol. The van der Waals surface area contributed by atoms with Crippen LogP contribution in [0, 0.1) is 0 Å². The molecule has 12 heavy (non-hydrogen) atoms. The molecule has 1 atom stereocenters. The van der Waals surface area contributed by atoms with Gasteiger partial charge in [-0.15, -0.1) is 0 Å². The van der Waals surface area contributed by atoms with Gasteiger partial charge >= 0.3 is 0 Å². The first-order valence-corrected chi connectivity index (χ1v) is 4.28. The van der Waals surface area contributed by atoms with Gasteiger partial charge in [-0.25, -0.2) is 0 Å². The normalized spacial score (nSPS) is 22.1. The number of rotatable bonds is 2. The molecule has 1 aromatic heterocycles. The maximum Gasteiger partial charge on any atom is 0.0429 e. The summed E-state index contributed by atoms with van der Waals surface area (Å²) in [5.41, 5.74) is 6.85. The largest absolute Gasteiger partial charge is 0.367 e. The summed E-state index contributed by atoms with van der Waals surface area (Å²) in [6, 6.07) is 4.61. The molecule has 0 spiro atoms. The summed E-state index contributed by atoms with van der Waals surface area (Å²) in [6.45, 7) is 1.88. The first-order valence-electron chi connectivity index (χ1n) is 4.28. The third-order valence-electron chi connectivity index (χ3n) is 2.41. The maximum atomic E-state index is 5.60. The predicted molar refractivity (Wildman–Crippen MR) is 49.0 cm³/mol. The van der Waals surface area contributed by atoms with Gasteiger partial charge < -0.3 is 10.6 Å². The van der Waals surface area contributed by atoms with Crippen molar-refractivity contribution in [1.82, 2.24) is 4.98 Å². The van der Waals surface area contributed by atoms with Crippen molar-refractivity contribution in [3.63, 3.8) is 0 Å². The molecule has 1 unspecified atom stereocenters. The molecule has 2 rings (SSSR count). The number of aromatic nitrogens is 1. The van der Waals surface area contributed by atoms with Crippen LogP contribution >= 0.6 is 0 Å². The van der Waals surface area contributed by atoms with E-state index in [2.05, 4.69) is 9.88 Å². The molecule has 0 aromatic carbocycles. The number of nitrogens with zero attached hydrogens (tertiary/aromatic N) is 2. The van der Waals surface area contributed by atoms with Gasteiger partial charge in [-0.3, -0.25) is 4.98 Å². The van der Waals surface area contributed by atoms with Gasteiger partial charge in [0.1, 0.15) is 0 Å². The fourth-order valence-corrected chi connectivity index (χ4v) is 1.56. The van der Waals surface area contributed by atoms with Crippen molar-refractivity contribution >= 4 is 5.69 Å². The van der Waals surface area contributed by atoms with Gasteiger partial charge in [0.2, 0.25) is 0 Å². The van der Waals surface area contributed by atoms with E-state index in [9.17, 15) is 0 Å². The van der Waals surface area contributed by atoms with Gasteiger partial charge in [0.25, 0.3) is 0 Å². The molecule has 1 fully saturated rings. The van der Waals surface area contributed by atoms with E-state index in [1.54, 1.807) is 0 Å². The van der Waals surface area contributed by atoms with E-state index in [0.29, 0.717) is 6.04 Å². The van der Waals surface area contributed by atoms with Crippen LogP contribution in [0.15, 0.2) is 24.5 Å². The standard InChI is InChI=1S/C9H13N3/c10-7-9-3-6-12(9)8-1-4-11-5-2-8/h1-2,4-5,9H,3,6-7,10H2. The van der Waals surface area contributed by atoms with Gasteiger partial charge in [0.15, 0.2) is 0 Å². The van der Waals surface area contributed by atoms with Crippen molar-refractivity contribution in [2.45, 2.75) is 12.5 Å². The van der Waals surface area contributed by atoms with Crippen LogP contribution in [0.2, 0.25) is 0 Å². The summed E-state index contributed by atoms with van der Waals surface area (Å²) >= 11 is 0. The Kier molecular flexibility index (Phi) is 1.96. The van der Waals surface area contributed by atoms with Crippen molar-refractivity contribution < 1.29 is 0 Å². The van der Waals surface area contributed by atoms with E-state index in [0.717, 1.165) is 13.1 Å². The molecule has 1 aromatic rings. The molecule has 1 aliphatic rings. The smallest absolute Gasteiger partial charge is 0.0429 e. The highest BCUT2D eigenvalue weighted by Crippen LogP contribution is 2.24. The zero-order chi connectivity index (χ0) is 8.39. The zero-order valence-corrected chi connectivity index (χ0v) is 6.98. The predicted octanol–water partition coefficient (Wildman–Crippen LogP) is 0.619. The number of anilines is 1. The quantitative estimate of drug-likeness (QED) is 0.695. The summed E-state index contributed by atoms with van der Waals surface area (Å²) in [4.78, 5) is 6.30. The van der Waals surface area contributed by atoms with Crippen LogP contribution in [0.5, 0.6) is 0 Å². The Hall–Kier alpha value is -1.09. The second-order valence-electron chi connectivity index (χ2n) is 3.08. The van der Waals surface area contributed by atoms with Crippen molar-refractivity contribution in [1.29, 1.82) is 0 Å². The fraction of sp³-hybridized carbons (Fsp3) is 0.444. The Bertz CT molecular complexity index is 245. The molecule has 1 aliphatic heterocycles. The SMILES string of the molecule is NCC1CCN1c1ccncc1. The molecule has 0 radical (unpaired) electrons. The first kappa shape index (κ1) is 7.55. The molecule has 64 valence electrons. The first-order chi connectivity index (χ1) is 5.92. The Morgan fingerprint density at radius 3 is 2.75 bits per heavy atom. The van der Waals surface area contributed by atoms with Gasteiger partial charge in [-0.1, -0.05) is 0 Å². The highest BCUT2D eigenvalue weighted by atomic mass is 15.2. The van der Waals surface area contributed by atoms with Crippen molar-refractivity contribution in [2.75, 3.05) is 18.0 Å². The molecular formula is C9H13N3. The molecule has 2 heterocycles. The number of hydrogen-bond acceptors (Lipinski definition) is 3. The molecule has 2 N–H and O–H groups in total. The minimum Gasteiger partial charge on any atom is -0.367 e. The summed E-state index contributed by atoms with van der Waals surface area (Å²) < 4.78 is 0. The van der Waals surface area contributed by atoms with Gasteiger partial charge in [-0.2, -0.15) is 0 Å². The van der Waals surface area contributed by atoms with Gasteiger partial charge in [0, 0.05) is 37.2 Å². The van der Waals surface area contributed by atoms with Crippen LogP contribution < -0.4 is 10.6 Å². The lowest BCUT2D eigenvalue weighted by atomic mass is 10.0. The number of nitrogens with two attached hydrogens (primary N) is 1. The third-order valence-corrected chi connectivity index (χ3v) is 2.41. The van der Waals surface area contributed by atoms with Crippen LogP contribution in [0.4, 0.5) is 5.69 Å². The minimum atomic E-state index is 0.549. The van der Waals surface area contributed by atoms with Crippen molar-refractivity contribution in [3.8, 4) is 0 Å². The van der Waals surface area contributed by atoms with Crippen LogP contribution in [0.25, 0.3) is 0 Å². The minimum absolute atomic E-state index is 0.549. The number of pyridine rings is 1. The third kappa shape index (κ3) is 1.16. The molecule has 3 nitrogen and oxygen atoms in total. The lowest BCUT2D eigenvalue weighted by Gasteiger charge is -2.42. The highest BCUT2D eigenvalue weighted by molar-refractivity contribution is 5.48.